The summed E-state index contributed by atoms with van der Waals surface area (Å²) in [5.41, 5.74) is 4.00. The zero-order valence-corrected chi connectivity index (χ0v) is 18.3. The van der Waals surface area contributed by atoms with E-state index in [2.05, 4.69) is 27.1 Å². The second-order valence-corrected chi connectivity index (χ2v) is 5.78. The SMILES string of the molecule is COc1nc(C)cnc1-c1[c-]cc(F)cc1.[Ir].[c-]1ccccc1-c1ccccn1. The average Bonchev–Trinajstić information content (AvgIpc) is 2.76. The van der Waals surface area contributed by atoms with Gasteiger partial charge < -0.3 is 9.72 Å². The summed E-state index contributed by atoms with van der Waals surface area (Å²) >= 11 is 0. The maximum Gasteiger partial charge on any atom is 0.194 e. The number of rotatable bonds is 3. The standard InChI is InChI=1S/C12H10FN2O.C11H8N.Ir/c1-8-7-14-11(12(15-8)16-2)9-3-5-10(13)6-4-9;1-2-6-10(7-3-1)11-8-4-5-9-12-11;/h3,5-7H,1-2H3;1-6,8-9H;/q2*-1;. The molecule has 0 aliphatic carbocycles. The van der Waals surface area contributed by atoms with Gasteiger partial charge in [0.1, 0.15) is 0 Å². The molecule has 4 nitrogen and oxygen atoms in total. The van der Waals surface area contributed by atoms with Gasteiger partial charge in [0.2, 0.25) is 0 Å². The number of nitrogens with zero attached hydrogens (tertiary/aromatic N) is 3. The predicted molar refractivity (Wildman–Crippen MR) is 106 cm³/mol. The van der Waals surface area contributed by atoms with Gasteiger partial charge in [0.25, 0.3) is 0 Å². The molecule has 149 valence electrons. The Morgan fingerprint density at radius 2 is 1.76 bits per heavy atom. The molecule has 0 fully saturated rings. The number of hydrogen-bond acceptors (Lipinski definition) is 4. The van der Waals surface area contributed by atoms with E-state index in [4.69, 9.17) is 4.74 Å². The number of aryl methyl sites for hydroxylation is 1. The average molecular weight is 564 g/mol. The molecular formula is C23H18FIrN3O-2. The van der Waals surface area contributed by atoms with E-state index in [1.807, 2.05) is 49.4 Å². The molecule has 6 heteroatoms. The van der Waals surface area contributed by atoms with Gasteiger partial charge in [0.15, 0.2) is 5.88 Å². The summed E-state index contributed by atoms with van der Waals surface area (Å²) in [6.45, 7) is 1.83. The Kier molecular flexibility index (Phi) is 8.59. The van der Waals surface area contributed by atoms with Crippen LogP contribution in [0.15, 0.2) is 73.1 Å². The summed E-state index contributed by atoms with van der Waals surface area (Å²) in [6, 6.07) is 23.8. The summed E-state index contributed by atoms with van der Waals surface area (Å²) in [4.78, 5) is 12.6. The van der Waals surface area contributed by atoms with Crippen molar-refractivity contribution in [1.29, 1.82) is 0 Å². The Balaban J connectivity index is 0.000000207. The summed E-state index contributed by atoms with van der Waals surface area (Å²) < 4.78 is 17.9. The van der Waals surface area contributed by atoms with Gasteiger partial charge in [-0.3, -0.25) is 9.37 Å². The Morgan fingerprint density at radius 3 is 2.38 bits per heavy atom. The molecule has 0 saturated heterocycles. The minimum atomic E-state index is -0.331. The minimum Gasteiger partial charge on any atom is -0.486 e. The first-order valence-corrected chi connectivity index (χ1v) is 8.60. The van der Waals surface area contributed by atoms with Crippen LogP contribution in [0.25, 0.3) is 22.5 Å². The summed E-state index contributed by atoms with van der Waals surface area (Å²) in [5, 5.41) is 0. The number of halogens is 1. The Morgan fingerprint density at radius 1 is 0.931 bits per heavy atom. The monoisotopic (exact) mass is 564 g/mol. The van der Waals surface area contributed by atoms with E-state index in [1.165, 1.54) is 19.2 Å². The third-order valence-electron chi connectivity index (χ3n) is 3.73. The molecule has 0 amide bonds. The van der Waals surface area contributed by atoms with E-state index in [0.717, 1.165) is 17.0 Å². The molecule has 29 heavy (non-hydrogen) atoms. The van der Waals surface area contributed by atoms with Gasteiger partial charge in [0.05, 0.1) is 12.8 Å². The van der Waals surface area contributed by atoms with Crippen molar-refractivity contribution in [2.45, 2.75) is 6.92 Å². The Hall–Kier alpha value is -2.95. The summed E-state index contributed by atoms with van der Waals surface area (Å²) in [5.74, 6) is 0.0886. The van der Waals surface area contributed by atoms with Gasteiger partial charge in [0, 0.05) is 44.0 Å². The molecule has 0 bridgehead atoms. The van der Waals surface area contributed by atoms with Gasteiger partial charge in [-0.05, 0) is 18.7 Å². The maximum absolute atomic E-state index is 12.8. The van der Waals surface area contributed by atoms with Crippen LogP contribution in [-0.4, -0.2) is 22.1 Å². The molecule has 0 saturated carbocycles. The molecule has 1 radical (unpaired) electrons. The van der Waals surface area contributed by atoms with Crippen LogP contribution in [0.5, 0.6) is 5.88 Å². The zero-order valence-electron chi connectivity index (χ0n) is 15.9. The first-order chi connectivity index (χ1) is 13.7. The fourth-order valence-corrected chi connectivity index (χ4v) is 2.41. The Labute approximate surface area is 183 Å². The molecule has 2 heterocycles. The molecular weight excluding hydrogens is 545 g/mol. The first-order valence-electron chi connectivity index (χ1n) is 8.60. The molecule has 2 aromatic carbocycles. The normalized spacial score (nSPS) is 9.62. The molecule has 0 aliphatic rings. The maximum atomic E-state index is 12.8. The second-order valence-electron chi connectivity index (χ2n) is 5.78. The largest absolute Gasteiger partial charge is 0.486 e. The van der Waals surface area contributed by atoms with Crippen molar-refractivity contribution in [3.8, 4) is 28.4 Å². The summed E-state index contributed by atoms with van der Waals surface area (Å²) in [6.07, 6.45) is 3.42. The molecule has 4 rings (SSSR count). The van der Waals surface area contributed by atoms with Crippen LogP contribution in [0.2, 0.25) is 0 Å². The van der Waals surface area contributed by atoms with Crippen molar-refractivity contribution in [2.24, 2.45) is 0 Å². The van der Waals surface area contributed by atoms with Crippen molar-refractivity contribution in [1.82, 2.24) is 15.0 Å². The third-order valence-corrected chi connectivity index (χ3v) is 3.73. The van der Waals surface area contributed by atoms with Crippen molar-refractivity contribution in [3.05, 3.63) is 96.7 Å². The molecule has 0 spiro atoms. The second kappa shape index (κ2) is 11.1. The van der Waals surface area contributed by atoms with Gasteiger partial charge in [-0.25, -0.2) is 4.98 Å². The molecule has 0 atom stereocenters. The summed E-state index contributed by atoms with van der Waals surface area (Å²) in [7, 11) is 1.52. The van der Waals surface area contributed by atoms with E-state index >= 15 is 0 Å². The van der Waals surface area contributed by atoms with Crippen LogP contribution in [0.1, 0.15) is 5.69 Å². The minimum absolute atomic E-state index is 0. The van der Waals surface area contributed by atoms with Gasteiger partial charge >= 0.3 is 0 Å². The topological polar surface area (TPSA) is 47.9 Å². The van der Waals surface area contributed by atoms with Crippen molar-refractivity contribution in [2.75, 3.05) is 7.11 Å². The fraction of sp³-hybridized carbons (Fsp3) is 0.0870. The number of hydrogen-bond donors (Lipinski definition) is 0. The number of aromatic nitrogens is 3. The van der Waals surface area contributed by atoms with E-state index in [1.54, 1.807) is 18.5 Å². The number of methoxy groups -OCH3 is 1. The van der Waals surface area contributed by atoms with Crippen molar-refractivity contribution >= 4 is 0 Å². The van der Waals surface area contributed by atoms with Crippen LogP contribution in [0.4, 0.5) is 4.39 Å². The predicted octanol–water partition coefficient (Wildman–Crippen LogP) is 4.95. The zero-order chi connectivity index (χ0) is 19.8. The molecule has 0 unspecified atom stereocenters. The van der Waals surface area contributed by atoms with Gasteiger partial charge in [-0.15, -0.1) is 65.7 Å². The first kappa shape index (κ1) is 22.3. The fourth-order valence-electron chi connectivity index (χ4n) is 2.41. The Bertz CT molecular complexity index is 976. The van der Waals surface area contributed by atoms with Crippen LogP contribution < -0.4 is 4.74 Å². The van der Waals surface area contributed by atoms with Crippen molar-refractivity contribution in [3.63, 3.8) is 0 Å². The quantitative estimate of drug-likeness (QED) is 0.331. The van der Waals surface area contributed by atoms with Crippen LogP contribution in [-0.2, 0) is 20.1 Å². The third kappa shape index (κ3) is 6.28. The number of ether oxygens (including phenoxy) is 1. The van der Waals surface area contributed by atoms with Gasteiger partial charge in [-0.2, -0.15) is 0 Å². The van der Waals surface area contributed by atoms with E-state index in [0.29, 0.717) is 17.1 Å². The smallest absolute Gasteiger partial charge is 0.194 e. The van der Waals surface area contributed by atoms with Gasteiger partial charge in [-0.1, -0.05) is 12.1 Å². The molecule has 2 aromatic heterocycles. The van der Waals surface area contributed by atoms with Crippen LogP contribution >= 0.6 is 0 Å². The van der Waals surface area contributed by atoms with E-state index < -0.39 is 0 Å². The molecule has 4 aromatic rings. The van der Waals surface area contributed by atoms with Crippen LogP contribution in [0.3, 0.4) is 0 Å². The van der Waals surface area contributed by atoms with Crippen LogP contribution in [0, 0.1) is 24.9 Å². The van der Waals surface area contributed by atoms with Crippen molar-refractivity contribution < 1.29 is 29.2 Å². The molecule has 0 aliphatic heterocycles. The number of pyridine rings is 1. The van der Waals surface area contributed by atoms with E-state index in [-0.39, 0.29) is 25.9 Å². The molecule has 0 N–H and O–H groups in total. The van der Waals surface area contributed by atoms with E-state index in [9.17, 15) is 4.39 Å². The number of benzene rings is 2.